The molecular formula is C14H16BrFN2O4. The SMILES string of the molecule is C[C@@H]1C[C@](Cc2nc(Br)ccc2F)(C(=O)O)CCN1C(=O)O. The number of aliphatic carboxylic acids is 1. The van der Waals surface area contributed by atoms with Gasteiger partial charge in [-0.2, -0.15) is 0 Å². The maximum atomic E-state index is 13.9. The minimum Gasteiger partial charge on any atom is -0.481 e. The van der Waals surface area contributed by atoms with Crippen LogP contribution in [0.15, 0.2) is 16.7 Å². The summed E-state index contributed by atoms with van der Waals surface area (Å²) < 4.78 is 14.3. The third kappa shape index (κ3) is 3.21. The Labute approximate surface area is 135 Å². The van der Waals surface area contributed by atoms with Crippen molar-refractivity contribution in [3.8, 4) is 0 Å². The lowest BCUT2D eigenvalue weighted by Crippen LogP contribution is -2.51. The van der Waals surface area contributed by atoms with E-state index in [0.29, 0.717) is 4.60 Å². The highest BCUT2D eigenvalue weighted by Gasteiger charge is 2.46. The average Bonchev–Trinajstić information content (AvgIpc) is 2.42. The molecule has 1 aromatic heterocycles. The van der Waals surface area contributed by atoms with Gasteiger partial charge in [0.05, 0.1) is 11.1 Å². The zero-order chi connectivity index (χ0) is 16.5. The van der Waals surface area contributed by atoms with E-state index in [4.69, 9.17) is 5.11 Å². The van der Waals surface area contributed by atoms with Gasteiger partial charge in [0.25, 0.3) is 0 Å². The molecule has 1 fully saturated rings. The third-order valence-electron chi connectivity index (χ3n) is 4.14. The van der Waals surface area contributed by atoms with Crippen molar-refractivity contribution in [2.75, 3.05) is 6.54 Å². The van der Waals surface area contributed by atoms with Gasteiger partial charge in [0.15, 0.2) is 0 Å². The van der Waals surface area contributed by atoms with Crippen LogP contribution in [0.5, 0.6) is 0 Å². The zero-order valence-corrected chi connectivity index (χ0v) is 13.5. The number of aromatic nitrogens is 1. The van der Waals surface area contributed by atoms with Crippen LogP contribution in [0.2, 0.25) is 0 Å². The van der Waals surface area contributed by atoms with E-state index >= 15 is 0 Å². The Bertz CT molecular complexity index is 613. The van der Waals surface area contributed by atoms with Gasteiger partial charge in [-0.25, -0.2) is 14.2 Å². The molecule has 0 radical (unpaired) electrons. The molecule has 2 atom stereocenters. The van der Waals surface area contributed by atoms with E-state index in [1.54, 1.807) is 6.92 Å². The number of amides is 1. The topological polar surface area (TPSA) is 90.7 Å². The minimum atomic E-state index is -1.21. The summed E-state index contributed by atoms with van der Waals surface area (Å²) in [5.74, 6) is -1.61. The Morgan fingerprint density at radius 1 is 1.50 bits per heavy atom. The van der Waals surface area contributed by atoms with Gasteiger partial charge in [-0.05, 0) is 47.8 Å². The maximum Gasteiger partial charge on any atom is 0.407 e. The molecule has 0 unspecified atom stereocenters. The first-order valence-corrected chi connectivity index (χ1v) is 7.58. The van der Waals surface area contributed by atoms with E-state index in [1.807, 2.05) is 0 Å². The van der Waals surface area contributed by atoms with E-state index in [2.05, 4.69) is 20.9 Å². The fraction of sp³-hybridized carbons (Fsp3) is 0.500. The molecule has 1 aliphatic rings. The Hall–Kier alpha value is -1.70. The van der Waals surface area contributed by atoms with Crippen molar-refractivity contribution in [1.29, 1.82) is 0 Å². The van der Waals surface area contributed by atoms with Crippen molar-refractivity contribution >= 4 is 28.0 Å². The molecule has 22 heavy (non-hydrogen) atoms. The van der Waals surface area contributed by atoms with Crippen LogP contribution >= 0.6 is 15.9 Å². The number of likely N-dealkylation sites (tertiary alicyclic amines) is 1. The van der Waals surface area contributed by atoms with Crippen LogP contribution in [0.3, 0.4) is 0 Å². The molecular weight excluding hydrogens is 359 g/mol. The lowest BCUT2D eigenvalue weighted by molar-refractivity contribution is -0.153. The van der Waals surface area contributed by atoms with Crippen molar-refractivity contribution in [2.45, 2.75) is 32.2 Å². The smallest absolute Gasteiger partial charge is 0.407 e. The second kappa shape index (κ2) is 6.20. The average molecular weight is 375 g/mol. The summed E-state index contributed by atoms with van der Waals surface area (Å²) in [6.45, 7) is 1.77. The van der Waals surface area contributed by atoms with Crippen molar-refractivity contribution in [1.82, 2.24) is 9.88 Å². The largest absolute Gasteiger partial charge is 0.481 e. The number of pyridine rings is 1. The van der Waals surface area contributed by atoms with Gasteiger partial charge in [0.1, 0.15) is 10.4 Å². The van der Waals surface area contributed by atoms with Gasteiger partial charge in [-0.1, -0.05) is 0 Å². The predicted octanol–water partition coefficient (Wildman–Crippen LogP) is 2.76. The van der Waals surface area contributed by atoms with E-state index in [1.165, 1.54) is 17.0 Å². The summed E-state index contributed by atoms with van der Waals surface area (Å²) in [5, 5.41) is 18.7. The molecule has 2 heterocycles. The van der Waals surface area contributed by atoms with E-state index in [0.717, 1.165) is 0 Å². The fourth-order valence-corrected chi connectivity index (χ4v) is 3.30. The number of halogens is 2. The van der Waals surface area contributed by atoms with Crippen LogP contribution < -0.4 is 0 Å². The first kappa shape index (κ1) is 16.7. The van der Waals surface area contributed by atoms with Crippen molar-refractivity contribution < 1.29 is 24.2 Å². The molecule has 0 aliphatic carbocycles. The molecule has 2 N–H and O–H groups in total. The van der Waals surface area contributed by atoms with Crippen molar-refractivity contribution in [3.63, 3.8) is 0 Å². The molecule has 8 heteroatoms. The lowest BCUT2D eigenvalue weighted by Gasteiger charge is -2.41. The highest BCUT2D eigenvalue weighted by molar-refractivity contribution is 9.10. The normalized spacial score (nSPS) is 25.0. The van der Waals surface area contributed by atoms with Crippen LogP contribution in [0, 0.1) is 11.2 Å². The van der Waals surface area contributed by atoms with Gasteiger partial charge in [0, 0.05) is 19.0 Å². The second-order valence-electron chi connectivity index (χ2n) is 5.60. The van der Waals surface area contributed by atoms with Crippen LogP contribution in [-0.4, -0.2) is 44.7 Å². The Balaban J connectivity index is 2.29. The fourth-order valence-electron chi connectivity index (χ4n) is 2.95. The molecule has 1 aliphatic heterocycles. The number of carboxylic acid groups (broad SMARTS) is 2. The lowest BCUT2D eigenvalue weighted by atomic mass is 9.72. The summed E-state index contributed by atoms with van der Waals surface area (Å²) in [6.07, 6.45) is -0.876. The van der Waals surface area contributed by atoms with E-state index in [9.17, 15) is 19.1 Å². The van der Waals surface area contributed by atoms with Crippen LogP contribution in [-0.2, 0) is 11.2 Å². The molecule has 2 rings (SSSR count). The Kier molecular flexibility index (Phi) is 4.69. The second-order valence-corrected chi connectivity index (χ2v) is 6.42. The summed E-state index contributed by atoms with van der Waals surface area (Å²) in [5.41, 5.74) is -1.13. The van der Waals surface area contributed by atoms with E-state index in [-0.39, 0.29) is 31.5 Å². The monoisotopic (exact) mass is 374 g/mol. The van der Waals surface area contributed by atoms with Gasteiger partial charge in [-0.15, -0.1) is 0 Å². The number of carbonyl (C=O) groups is 2. The molecule has 120 valence electrons. The highest BCUT2D eigenvalue weighted by atomic mass is 79.9. The molecule has 0 spiro atoms. The zero-order valence-electron chi connectivity index (χ0n) is 11.9. The third-order valence-corrected chi connectivity index (χ3v) is 4.58. The van der Waals surface area contributed by atoms with E-state index < -0.39 is 29.3 Å². The molecule has 1 saturated heterocycles. The summed E-state index contributed by atoms with van der Waals surface area (Å²) in [7, 11) is 0. The Morgan fingerprint density at radius 3 is 2.73 bits per heavy atom. The molecule has 0 bridgehead atoms. The standard InChI is InChI=1S/C14H16BrFN2O4/c1-8-6-14(12(19)20,4-5-18(8)13(21)22)7-10-9(16)2-3-11(15)17-10/h2-3,8H,4-7H2,1H3,(H,19,20)(H,21,22)/t8-,14-/m1/s1. The molecule has 6 nitrogen and oxygen atoms in total. The summed E-state index contributed by atoms with van der Waals surface area (Å²) >= 11 is 3.15. The summed E-state index contributed by atoms with van der Waals surface area (Å²) in [4.78, 5) is 28.1. The maximum absolute atomic E-state index is 13.9. The number of carboxylic acids is 1. The highest BCUT2D eigenvalue weighted by Crippen LogP contribution is 2.38. The first-order chi connectivity index (χ1) is 10.2. The molecule has 1 amide bonds. The van der Waals surface area contributed by atoms with Crippen molar-refractivity contribution in [2.24, 2.45) is 5.41 Å². The molecule has 1 aromatic rings. The predicted molar refractivity (Wildman–Crippen MR) is 79.1 cm³/mol. The summed E-state index contributed by atoms with van der Waals surface area (Å²) in [6, 6.07) is 2.23. The van der Waals surface area contributed by atoms with Crippen LogP contribution in [0.4, 0.5) is 9.18 Å². The number of rotatable bonds is 3. The molecule has 0 aromatic carbocycles. The number of hydrogen-bond acceptors (Lipinski definition) is 3. The number of hydrogen-bond donors (Lipinski definition) is 2. The number of piperidine rings is 1. The quantitative estimate of drug-likeness (QED) is 0.793. The van der Waals surface area contributed by atoms with Gasteiger partial charge >= 0.3 is 12.1 Å². The van der Waals surface area contributed by atoms with Gasteiger partial charge in [-0.3, -0.25) is 4.79 Å². The number of nitrogens with zero attached hydrogens (tertiary/aromatic N) is 2. The van der Waals surface area contributed by atoms with Gasteiger partial charge in [0.2, 0.25) is 0 Å². The molecule has 0 saturated carbocycles. The Morgan fingerprint density at radius 2 is 2.18 bits per heavy atom. The minimum absolute atomic E-state index is 0.0641. The van der Waals surface area contributed by atoms with Crippen LogP contribution in [0.25, 0.3) is 0 Å². The van der Waals surface area contributed by atoms with Crippen LogP contribution in [0.1, 0.15) is 25.5 Å². The first-order valence-electron chi connectivity index (χ1n) is 6.79. The van der Waals surface area contributed by atoms with Gasteiger partial charge < -0.3 is 15.1 Å². The van der Waals surface area contributed by atoms with Crippen molar-refractivity contribution in [3.05, 3.63) is 28.2 Å².